The number of carbonyl (C=O) groups is 3. The van der Waals surface area contributed by atoms with Gasteiger partial charge in [-0.15, -0.1) is 11.8 Å². The Hall–Kier alpha value is -3.27. The Kier molecular flexibility index (Phi) is 5.99. The Bertz CT molecular complexity index is 1050. The zero-order chi connectivity index (χ0) is 22.0. The van der Waals surface area contributed by atoms with Gasteiger partial charge in [0.25, 0.3) is 5.91 Å². The van der Waals surface area contributed by atoms with Gasteiger partial charge in [-0.2, -0.15) is 0 Å². The quantitative estimate of drug-likeness (QED) is 0.466. The fraction of sp³-hybridized carbons (Fsp3) is 0.286. The highest BCUT2D eigenvalue weighted by Crippen LogP contribution is 2.35. The number of fused-ring (bicyclic) bond motifs is 1. The number of anilines is 3. The van der Waals surface area contributed by atoms with Crippen molar-refractivity contribution in [2.24, 2.45) is 0 Å². The summed E-state index contributed by atoms with van der Waals surface area (Å²) in [7, 11) is 0. The lowest BCUT2D eigenvalue weighted by molar-refractivity contribution is -0.113. The Morgan fingerprint density at radius 1 is 1.29 bits per heavy atom. The average molecular weight is 444 g/mol. The molecule has 0 bridgehead atoms. The molecule has 1 atom stereocenters. The van der Waals surface area contributed by atoms with E-state index in [1.54, 1.807) is 6.07 Å². The van der Waals surface area contributed by atoms with Crippen LogP contribution in [0.25, 0.3) is 0 Å². The minimum absolute atomic E-state index is 0.0686. The molecule has 0 aromatic heterocycles. The first kappa shape index (κ1) is 21.0. The molecule has 0 saturated carbocycles. The molecule has 2 aromatic carbocycles. The molecule has 2 aromatic rings. The van der Waals surface area contributed by atoms with Crippen LogP contribution < -0.4 is 21.3 Å². The predicted octanol–water partition coefficient (Wildman–Crippen LogP) is 2.99. The minimum Gasteiger partial charge on any atom is -0.444 e. The number of thioether (sulfide) groups is 1. The molecule has 0 aliphatic carbocycles. The number of rotatable bonds is 6. The SMILES string of the molecule is Nc1cc(F)ccc1C(=O)NCCCC1CN(c2ccc3c(c2)NC(=O)CS3)C(=O)O1. The topological polar surface area (TPSA) is 114 Å². The fourth-order valence-electron chi connectivity index (χ4n) is 3.49. The second kappa shape index (κ2) is 8.84. The normalized spacial score (nSPS) is 17.7. The number of amides is 3. The van der Waals surface area contributed by atoms with E-state index in [1.807, 2.05) is 12.1 Å². The summed E-state index contributed by atoms with van der Waals surface area (Å²) in [5.41, 5.74) is 7.33. The molecular weight excluding hydrogens is 423 g/mol. The summed E-state index contributed by atoms with van der Waals surface area (Å²) < 4.78 is 18.5. The van der Waals surface area contributed by atoms with Crippen LogP contribution in [0.3, 0.4) is 0 Å². The molecular formula is C21H21FN4O4S. The number of nitrogens with zero attached hydrogens (tertiary/aromatic N) is 1. The highest BCUT2D eigenvalue weighted by molar-refractivity contribution is 8.00. The van der Waals surface area contributed by atoms with Crippen LogP contribution in [-0.4, -0.2) is 42.9 Å². The number of carbonyl (C=O) groups excluding carboxylic acids is 3. The fourth-order valence-corrected chi connectivity index (χ4v) is 4.28. The van der Waals surface area contributed by atoms with Crippen LogP contribution in [0, 0.1) is 5.82 Å². The first-order chi connectivity index (χ1) is 14.9. The lowest BCUT2D eigenvalue weighted by atomic mass is 10.1. The first-order valence-corrected chi connectivity index (χ1v) is 10.8. The van der Waals surface area contributed by atoms with Gasteiger partial charge in [-0.25, -0.2) is 9.18 Å². The summed E-state index contributed by atoms with van der Waals surface area (Å²) in [6, 6.07) is 9.12. The second-order valence-electron chi connectivity index (χ2n) is 7.26. The van der Waals surface area contributed by atoms with E-state index in [-0.39, 0.29) is 29.2 Å². The van der Waals surface area contributed by atoms with Crippen molar-refractivity contribution in [3.8, 4) is 0 Å². The van der Waals surface area contributed by atoms with E-state index >= 15 is 0 Å². The molecule has 2 aliphatic rings. The van der Waals surface area contributed by atoms with Crippen molar-refractivity contribution in [1.82, 2.24) is 5.32 Å². The number of hydrogen-bond donors (Lipinski definition) is 3. The first-order valence-electron chi connectivity index (χ1n) is 9.79. The second-order valence-corrected chi connectivity index (χ2v) is 8.28. The van der Waals surface area contributed by atoms with Crippen molar-refractivity contribution < 1.29 is 23.5 Å². The highest BCUT2D eigenvalue weighted by atomic mass is 32.2. The Morgan fingerprint density at radius 2 is 2.13 bits per heavy atom. The minimum atomic E-state index is -0.498. The molecule has 2 aliphatic heterocycles. The summed E-state index contributed by atoms with van der Waals surface area (Å²) in [5, 5.41) is 5.55. The van der Waals surface area contributed by atoms with Crippen LogP contribution >= 0.6 is 11.8 Å². The van der Waals surface area contributed by atoms with E-state index in [0.29, 0.717) is 43.1 Å². The smallest absolute Gasteiger partial charge is 0.414 e. The third kappa shape index (κ3) is 4.74. The summed E-state index contributed by atoms with van der Waals surface area (Å²) in [6.07, 6.45) is 0.414. The lowest BCUT2D eigenvalue weighted by Gasteiger charge is -2.20. The van der Waals surface area contributed by atoms with Crippen molar-refractivity contribution in [1.29, 1.82) is 0 Å². The molecule has 0 spiro atoms. The number of benzene rings is 2. The summed E-state index contributed by atoms with van der Waals surface area (Å²) in [4.78, 5) is 38.6. The number of halogens is 1. The third-order valence-corrected chi connectivity index (χ3v) is 6.10. The molecule has 1 saturated heterocycles. The molecule has 4 rings (SSSR count). The average Bonchev–Trinajstić information content (AvgIpc) is 3.11. The van der Waals surface area contributed by atoms with Crippen molar-refractivity contribution in [2.45, 2.75) is 23.8 Å². The van der Waals surface area contributed by atoms with Gasteiger partial charge >= 0.3 is 6.09 Å². The monoisotopic (exact) mass is 444 g/mol. The summed E-state index contributed by atoms with van der Waals surface area (Å²) in [6.45, 7) is 0.753. The van der Waals surface area contributed by atoms with Crippen molar-refractivity contribution >= 4 is 46.7 Å². The molecule has 1 fully saturated rings. The number of cyclic esters (lactones) is 1. The predicted molar refractivity (Wildman–Crippen MR) is 116 cm³/mol. The number of nitrogens with one attached hydrogen (secondary N) is 2. The van der Waals surface area contributed by atoms with E-state index < -0.39 is 11.9 Å². The lowest BCUT2D eigenvalue weighted by Crippen LogP contribution is -2.27. The zero-order valence-corrected chi connectivity index (χ0v) is 17.3. The van der Waals surface area contributed by atoms with E-state index in [9.17, 15) is 18.8 Å². The maximum absolute atomic E-state index is 13.1. The molecule has 162 valence electrons. The molecule has 2 heterocycles. The van der Waals surface area contributed by atoms with Gasteiger partial charge in [-0.3, -0.25) is 14.5 Å². The van der Waals surface area contributed by atoms with E-state index in [2.05, 4.69) is 10.6 Å². The van der Waals surface area contributed by atoms with Crippen LogP contribution in [0.1, 0.15) is 23.2 Å². The maximum atomic E-state index is 13.1. The largest absolute Gasteiger partial charge is 0.444 e. The van der Waals surface area contributed by atoms with Gasteiger partial charge in [0.05, 0.1) is 23.5 Å². The number of nitrogen functional groups attached to an aromatic ring is 1. The number of hydrogen-bond acceptors (Lipinski definition) is 6. The standard InChI is InChI=1S/C21H21FN4O4S/c22-12-3-5-15(16(23)8-12)20(28)24-7-1-2-14-10-26(21(29)30-14)13-4-6-18-17(9-13)25-19(27)11-31-18/h3-6,8-9,14H,1-2,7,10-11,23H2,(H,24,28)(H,25,27). The van der Waals surface area contributed by atoms with E-state index in [0.717, 1.165) is 11.0 Å². The summed E-state index contributed by atoms with van der Waals surface area (Å²) >= 11 is 1.46. The van der Waals surface area contributed by atoms with Gasteiger partial charge in [0.2, 0.25) is 5.91 Å². The Balaban J connectivity index is 1.28. The molecule has 1 unspecified atom stereocenters. The van der Waals surface area contributed by atoms with Gasteiger partial charge in [0, 0.05) is 22.8 Å². The maximum Gasteiger partial charge on any atom is 0.414 e. The number of nitrogens with two attached hydrogens (primary N) is 1. The van der Waals surface area contributed by atoms with Crippen LogP contribution in [0.5, 0.6) is 0 Å². The Labute approximate surface area is 182 Å². The Morgan fingerprint density at radius 3 is 2.94 bits per heavy atom. The molecule has 10 heteroatoms. The van der Waals surface area contributed by atoms with Crippen LogP contribution in [-0.2, 0) is 9.53 Å². The van der Waals surface area contributed by atoms with E-state index in [4.69, 9.17) is 10.5 Å². The molecule has 3 amide bonds. The van der Waals surface area contributed by atoms with Gasteiger partial charge in [0.1, 0.15) is 11.9 Å². The molecule has 0 radical (unpaired) electrons. The molecule has 4 N–H and O–H groups in total. The molecule has 8 nitrogen and oxygen atoms in total. The summed E-state index contributed by atoms with van der Waals surface area (Å²) in [5.74, 6) is -0.566. The highest BCUT2D eigenvalue weighted by Gasteiger charge is 2.32. The van der Waals surface area contributed by atoms with Crippen molar-refractivity contribution in [3.05, 3.63) is 47.8 Å². The van der Waals surface area contributed by atoms with Gasteiger partial charge in [0.15, 0.2) is 0 Å². The van der Waals surface area contributed by atoms with Crippen molar-refractivity contribution in [3.63, 3.8) is 0 Å². The van der Waals surface area contributed by atoms with Gasteiger partial charge < -0.3 is 21.1 Å². The van der Waals surface area contributed by atoms with Crippen LogP contribution in [0.4, 0.5) is 26.2 Å². The number of ether oxygens (including phenoxy) is 1. The van der Waals surface area contributed by atoms with Crippen molar-refractivity contribution in [2.75, 3.05) is 34.8 Å². The zero-order valence-electron chi connectivity index (χ0n) is 16.5. The van der Waals surface area contributed by atoms with Crippen LogP contribution in [0.15, 0.2) is 41.3 Å². The third-order valence-electron chi connectivity index (χ3n) is 5.03. The van der Waals surface area contributed by atoms with E-state index in [1.165, 1.54) is 28.8 Å². The van der Waals surface area contributed by atoms with Gasteiger partial charge in [-0.05, 0) is 49.2 Å². The van der Waals surface area contributed by atoms with Crippen LogP contribution in [0.2, 0.25) is 0 Å². The molecule has 31 heavy (non-hydrogen) atoms. The van der Waals surface area contributed by atoms with Gasteiger partial charge in [-0.1, -0.05) is 0 Å².